The van der Waals surface area contributed by atoms with E-state index in [9.17, 15) is 0 Å². The molecule has 40 heavy (non-hydrogen) atoms. The highest BCUT2D eigenvalue weighted by Crippen LogP contribution is 2.50. The molecule has 0 unspecified atom stereocenters. The van der Waals surface area contributed by atoms with E-state index in [2.05, 4.69) is 138 Å². The van der Waals surface area contributed by atoms with E-state index in [4.69, 9.17) is 13.6 Å². The van der Waals surface area contributed by atoms with Crippen LogP contribution in [0.2, 0.25) is 0 Å². The van der Waals surface area contributed by atoms with Gasteiger partial charge in [-0.3, -0.25) is 0 Å². The SMILES string of the molecule is CCC(C)(C)c1cc(C)ccc1OP(Oc1ccc(C)cc1C(C)(C)CC)Oc1ccc(C)cc1C(C)(C)CC. The van der Waals surface area contributed by atoms with E-state index in [1.807, 2.05) is 0 Å². The number of aryl methyl sites for hydroxylation is 3. The molecule has 0 bridgehead atoms. The zero-order valence-electron chi connectivity index (χ0n) is 27.0. The quantitative estimate of drug-likeness (QED) is 0.205. The summed E-state index contributed by atoms with van der Waals surface area (Å²) in [5.74, 6) is 2.45. The summed E-state index contributed by atoms with van der Waals surface area (Å²) in [7, 11) is -1.82. The fourth-order valence-corrected chi connectivity index (χ4v) is 5.70. The highest BCUT2D eigenvalue weighted by molar-refractivity contribution is 7.43. The first-order valence-electron chi connectivity index (χ1n) is 14.8. The van der Waals surface area contributed by atoms with Crippen LogP contribution in [0.5, 0.6) is 17.2 Å². The van der Waals surface area contributed by atoms with Crippen molar-refractivity contribution in [3.8, 4) is 17.2 Å². The van der Waals surface area contributed by atoms with Gasteiger partial charge in [0.05, 0.1) is 0 Å². The van der Waals surface area contributed by atoms with Crippen molar-refractivity contribution in [3.63, 3.8) is 0 Å². The molecule has 0 heterocycles. The molecule has 0 saturated heterocycles. The Morgan fingerprint density at radius 1 is 0.475 bits per heavy atom. The Kier molecular flexibility index (Phi) is 10.1. The first-order chi connectivity index (χ1) is 18.6. The Morgan fingerprint density at radius 2 is 0.725 bits per heavy atom. The van der Waals surface area contributed by atoms with Gasteiger partial charge in [0.15, 0.2) is 0 Å². The van der Waals surface area contributed by atoms with Gasteiger partial charge in [-0.1, -0.05) is 115 Å². The van der Waals surface area contributed by atoms with Crippen LogP contribution >= 0.6 is 8.60 Å². The Labute approximate surface area is 245 Å². The normalized spacial score (nSPS) is 12.5. The summed E-state index contributed by atoms with van der Waals surface area (Å²) in [5.41, 5.74) is 6.99. The predicted octanol–water partition coefficient (Wildman–Crippen LogP) is 11.4. The summed E-state index contributed by atoms with van der Waals surface area (Å²) >= 11 is 0. The lowest BCUT2D eigenvalue weighted by Crippen LogP contribution is -2.20. The molecule has 3 nitrogen and oxygen atoms in total. The summed E-state index contributed by atoms with van der Waals surface area (Å²) in [5, 5.41) is 0. The average molecular weight is 563 g/mol. The van der Waals surface area contributed by atoms with E-state index >= 15 is 0 Å². The molecule has 0 aromatic heterocycles. The van der Waals surface area contributed by atoms with Crippen LogP contribution in [0.25, 0.3) is 0 Å². The molecule has 0 radical (unpaired) electrons. The van der Waals surface area contributed by atoms with Crippen molar-refractivity contribution in [2.75, 3.05) is 0 Å². The van der Waals surface area contributed by atoms with E-state index in [-0.39, 0.29) is 16.2 Å². The van der Waals surface area contributed by atoms with Gasteiger partial charge in [0.1, 0.15) is 17.2 Å². The molecule has 0 fully saturated rings. The summed E-state index contributed by atoms with van der Waals surface area (Å²) in [6.07, 6.45) is 2.98. The molecule has 4 heteroatoms. The Bertz CT molecular complexity index is 1140. The van der Waals surface area contributed by atoms with Gasteiger partial charge in [0.2, 0.25) is 0 Å². The molecule has 3 rings (SSSR count). The molecule has 0 aliphatic heterocycles. The van der Waals surface area contributed by atoms with Gasteiger partial charge in [0.25, 0.3) is 0 Å². The zero-order chi connectivity index (χ0) is 29.9. The third-order valence-corrected chi connectivity index (χ3v) is 9.80. The summed E-state index contributed by atoms with van der Waals surface area (Å²) in [6.45, 7) is 26.7. The molecule has 0 saturated carbocycles. The fourth-order valence-electron chi connectivity index (χ4n) is 4.63. The average Bonchev–Trinajstić information content (AvgIpc) is 2.91. The number of hydrogen-bond acceptors (Lipinski definition) is 3. The van der Waals surface area contributed by atoms with E-state index < -0.39 is 8.60 Å². The van der Waals surface area contributed by atoms with E-state index in [0.717, 1.165) is 36.5 Å². The maximum atomic E-state index is 6.78. The topological polar surface area (TPSA) is 27.7 Å². The van der Waals surface area contributed by atoms with Crippen LogP contribution < -0.4 is 13.6 Å². The van der Waals surface area contributed by atoms with Crippen LogP contribution in [0.4, 0.5) is 0 Å². The van der Waals surface area contributed by atoms with Crippen LogP contribution in [0.15, 0.2) is 54.6 Å². The number of hydrogen-bond donors (Lipinski definition) is 0. The smallest absolute Gasteiger partial charge is 0.408 e. The lowest BCUT2D eigenvalue weighted by atomic mass is 9.81. The van der Waals surface area contributed by atoms with Crippen molar-refractivity contribution in [1.29, 1.82) is 0 Å². The highest BCUT2D eigenvalue weighted by Gasteiger charge is 2.32. The molecule has 3 aromatic rings. The number of rotatable bonds is 12. The number of benzene rings is 3. The second kappa shape index (κ2) is 12.6. The molecular weight excluding hydrogens is 511 g/mol. The molecule has 218 valence electrons. The van der Waals surface area contributed by atoms with Crippen LogP contribution in [0.3, 0.4) is 0 Å². The minimum Gasteiger partial charge on any atom is -0.408 e. The molecule has 0 spiro atoms. The van der Waals surface area contributed by atoms with Crippen LogP contribution in [-0.4, -0.2) is 0 Å². The first kappa shape index (κ1) is 32.0. The third-order valence-electron chi connectivity index (χ3n) is 8.76. The maximum Gasteiger partial charge on any atom is 0.530 e. The molecular formula is C36H51O3P. The van der Waals surface area contributed by atoms with Crippen LogP contribution in [0, 0.1) is 20.8 Å². The van der Waals surface area contributed by atoms with E-state index in [0.29, 0.717) is 0 Å². The van der Waals surface area contributed by atoms with Gasteiger partial charge in [-0.2, -0.15) is 0 Å². The molecule has 0 aliphatic carbocycles. The summed E-state index contributed by atoms with van der Waals surface area (Å²) in [4.78, 5) is 0. The van der Waals surface area contributed by atoms with Gasteiger partial charge in [-0.05, 0) is 74.5 Å². The maximum absolute atomic E-state index is 6.78. The van der Waals surface area contributed by atoms with Gasteiger partial charge in [-0.25, -0.2) is 0 Å². The molecule has 0 N–H and O–H groups in total. The van der Waals surface area contributed by atoms with Crippen molar-refractivity contribution in [1.82, 2.24) is 0 Å². The first-order valence-corrected chi connectivity index (χ1v) is 15.9. The lowest BCUT2D eigenvalue weighted by molar-refractivity contribution is 0.366. The van der Waals surface area contributed by atoms with Crippen LogP contribution in [-0.2, 0) is 16.2 Å². The van der Waals surface area contributed by atoms with E-state index in [1.165, 1.54) is 33.4 Å². The van der Waals surface area contributed by atoms with Crippen molar-refractivity contribution in [2.45, 2.75) is 119 Å². The Morgan fingerprint density at radius 3 is 0.950 bits per heavy atom. The standard InChI is InChI=1S/C36H51O3P/c1-13-34(7,8)28-22-25(4)16-19-31(28)37-40(38-32-20-17-26(5)23-29(32)35(9,10)14-2)39-33-21-18-27(6)24-30(33)36(11,12)15-3/h16-24H,13-15H2,1-12H3. The van der Waals surface area contributed by atoms with Gasteiger partial charge in [-0.15, -0.1) is 0 Å². The highest BCUT2D eigenvalue weighted by atomic mass is 31.2. The van der Waals surface area contributed by atoms with Crippen LogP contribution in [0.1, 0.15) is 115 Å². The minimum absolute atomic E-state index is 0.0548. The van der Waals surface area contributed by atoms with E-state index in [1.54, 1.807) is 0 Å². The van der Waals surface area contributed by atoms with Gasteiger partial charge in [0, 0.05) is 16.7 Å². The summed E-state index contributed by atoms with van der Waals surface area (Å²) < 4.78 is 20.3. The second-order valence-electron chi connectivity index (χ2n) is 13.2. The fraction of sp³-hybridized carbons (Fsp3) is 0.500. The van der Waals surface area contributed by atoms with Crippen molar-refractivity contribution in [3.05, 3.63) is 88.0 Å². The molecule has 0 atom stereocenters. The monoisotopic (exact) mass is 562 g/mol. The van der Waals surface area contributed by atoms with Crippen molar-refractivity contribution >= 4 is 8.60 Å². The molecule has 0 aliphatic rings. The lowest BCUT2D eigenvalue weighted by Gasteiger charge is -2.31. The van der Waals surface area contributed by atoms with Gasteiger partial charge < -0.3 is 13.6 Å². The predicted molar refractivity (Wildman–Crippen MR) is 172 cm³/mol. The third kappa shape index (κ3) is 7.41. The minimum atomic E-state index is -1.82. The van der Waals surface area contributed by atoms with Crippen molar-refractivity contribution < 1.29 is 13.6 Å². The van der Waals surface area contributed by atoms with Crippen molar-refractivity contribution in [2.24, 2.45) is 0 Å². The Balaban J connectivity index is 2.16. The molecule has 3 aromatic carbocycles. The largest absolute Gasteiger partial charge is 0.530 e. The molecule has 0 amide bonds. The second-order valence-corrected chi connectivity index (χ2v) is 14.2. The Hall–Kier alpha value is -2.51. The van der Waals surface area contributed by atoms with Gasteiger partial charge >= 0.3 is 8.60 Å². The zero-order valence-corrected chi connectivity index (χ0v) is 27.9. The summed E-state index contributed by atoms with van der Waals surface area (Å²) in [6, 6.07) is 19.2.